The van der Waals surface area contributed by atoms with Crippen molar-refractivity contribution in [2.24, 2.45) is 5.92 Å². The number of imide groups is 1. The molecule has 3 fully saturated rings. The van der Waals surface area contributed by atoms with E-state index in [9.17, 15) is 14.4 Å². The maximum atomic E-state index is 13.5. The summed E-state index contributed by atoms with van der Waals surface area (Å²) in [5.41, 5.74) is 0.847. The Kier molecular flexibility index (Phi) is 6.32. The lowest BCUT2D eigenvalue weighted by molar-refractivity contribution is -0.135. The first-order chi connectivity index (χ1) is 15.0. The predicted octanol–water partition coefficient (Wildman–Crippen LogP) is 3.12. The van der Waals surface area contributed by atoms with Gasteiger partial charge >= 0.3 is 6.03 Å². The van der Waals surface area contributed by atoms with Gasteiger partial charge in [0, 0.05) is 25.3 Å². The van der Waals surface area contributed by atoms with Crippen LogP contribution < -0.4 is 5.32 Å². The minimum absolute atomic E-state index is 0.0271. The first kappa shape index (κ1) is 21.8. The number of nitrogens with one attached hydrogen (secondary N) is 1. The average molecular weight is 428 g/mol. The number of benzene rings is 1. The molecule has 7 nitrogen and oxygen atoms in total. The summed E-state index contributed by atoms with van der Waals surface area (Å²) >= 11 is 0. The van der Waals surface area contributed by atoms with Crippen LogP contribution in [-0.4, -0.2) is 65.5 Å². The fourth-order valence-electron chi connectivity index (χ4n) is 5.41. The molecule has 7 heteroatoms. The number of rotatable bonds is 6. The number of piperidine rings is 1. The highest BCUT2D eigenvalue weighted by atomic mass is 16.5. The highest BCUT2D eigenvalue weighted by Crippen LogP contribution is 2.37. The molecule has 1 N–H and O–H groups in total. The second-order valence-electron chi connectivity index (χ2n) is 9.08. The fraction of sp³-hybridized carbons (Fsp3) is 0.625. The SMILES string of the molecule is CCC[C@@]1(C2CCN(C(=O)c3ccccc3C)CC2)NC(=O)N(C[C@@H]2CCCO2)C1=O. The van der Waals surface area contributed by atoms with E-state index in [1.54, 1.807) is 0 Å². The molecular weight excluding hydrogens is 394 g/mol. The summed E-state index contributed by atoms with van der Waals surface area (Å²) in [5, 5.41) is 3.08. The lowest BCUT2D eigenvalue weighted by Crippen LogP contribution is -2.56. The molecule has 0 unspecified atom stereocenters. The van der Waals surface area contributed by atoms with Crippen LogP contribution in [0.3, 0.4) is 0 Å². The Bertz CT molecular complexity index is 843. The molecule has 4 amide bonds. The lowest BCUT2D eigenvalue weighted by atomic mass is 9.74. The summed E-state index contributed by atoms with van der Waals surface area (Å²) in [4.78, 5) is 42.5. The monoisotopic (exact) mass is 427 g/mol. The molecule has 2 atom stereocenters. The van der Waals surface area contributed by atoms with Gasteiger partial charge in [-0.25, -0.2) is 4.79 Å². The third-order valence-electron chi connectivity index (χ3n) is 7.11. The Morgan fingerprint density at radius 1 is 1.19 bits per heavy atom. The number of nitrogens with zero attached hydrogens (tertiary/aromatic N) is 2. The van der Waals surface area contributed by atoms with Gasteiger partial charge in [0.15, 0.2) is 0 Å². The Morgan fingerprint density at radius 2 is 1.94 bits per heavy atom. The van der Waals surface area contributed by atoms with E-state index in [1.807, 2.05) is 43.0 Å². The quantitative estimate of drug-likeness (QED) is 0.708. The van der Waals surface area contributed by atoms with E-state index in [0.29, 0.717) is 45.5 Å². The summed E-state index contributed by atoms with van der Waals surface area (Å²) in [6.07, 6.45) is 4.65. The second kappa shape index (κ2) is 8.99. The van der Waals surface area contributed by atoms with Gasteiger partial charge in [-0.05, 0) is 56.6 Å². The van der Waals surface area contributed by atoms with Gasteiger partial charge < -0.3 is 15.0 Å². The molecule has 0 aromatic heterocycles. The molecule has 0 radical (unpaired) electrons. The molecule has 0 spiro atoms. The molecule has 3 heterocycles. The van der Waals surface area contributed by atoms with Gasteiger partial charge in [-0.2, -0.15) is 0 Å². The van der Waals surface area contributed by atoms with E-state index >= 15 is 0 Å². The summed E-state index contributed by atoms with van der Waals surface area (Å²) in [5.74, 6) is -0.0410. The van der Waals surface area contributed by atoms with Crippen LogP contribution in [0.2, 0.25) is 0 Å². The molecule has 3 saturated heterocycles. The maximum Gasteiger partial charge on any atom is 0.325 e. The summed E-state index contributed by atoms with van der Waals surface area (Å²) in [6, 6.07) is 7.34. The first-order valence-corrected chi connectivity index (χ1v) is 11.6. The van der Waals surface area contributed by atoms with Gasteiger partial charge in [-0.1, -0.05) is 31.5 Å². The topological polar surface area (TPSA) is 79.0 Å². The molecule has 168 valence electrons. The van der Waals surface area contributed by atoms with E-state index < -0.39 is 5.54 Å². The molecule has 4 rings (SSSR count). The number of ether oxygens (including phenoxy) is 1. The molecule has 0 aliphatic carbocycles. The van der Waals surface area contributed by atoms with Crippen molar-refractivity contribution >= 4 is 17.8 Å². The van der Waals surface area contributed by atoms with Gasteiger partial charge in [0.1, 0.15) is 5.54 Å². The van der Waals surface area contributed by atoms with Crippen LogP contribution >= 0.6 is 0 Å². The molecular formula is C24H33N3O4. The molecule has 1 aromatic rings. The largest absolute Gasteiger partial charge is 0.376 e. The minimum Gasteiger partial charge on any atom is -0.376 e. The van der Waals surface area contributed by atoms with Crippen molar-refractivity contribution in [3.05, 3.63) is 35.4 Å². The molecule has 3 aliphatic heterocycles. The van der Waals surface area contributed by atoms with Crippen LogP contribution in [0.15, 0.2) is 24.3 Å². The third-order valence-corrected chi connectivity index (χ3v) is 7.11. The van der Waals surface area contributed by atoms with Gasteiger partial charge in [0.25, 0.3) is 11.8 Å². The highest BCUT2D eigenvalue weighted by Gasteiger charge is 2.55. The van der Waals surface area contributed by atoms with E-state index in [2.05, 4.69) is 5.32 Å². The minimum atomic E-state index is -0.859. The molecule has 0 saturated carbocycles. The molecule has 0 bridgehead atoms. The number of aryl methyl sites for hydroxylation is 1. The average Bonchev–Trinajstić information content (AvgIpc) is 3.37. The number of hydrogen-bond acceptors (Lipinski definition) is 4. The zero-order valence-corrected chi connectivity index (χ0v) is 18.6. The standard InChI is InChI=1S/C24H33N3O4/c1-3-12-24(22(29)27(23(30)25-24)16-19-8-6-15-31-19)18-10-13-26(14-11-18)21(28)20-9-5-4-7-17(20)2/h4-5,7,9,18-19H,3,6,8,10-16H2,1-2H3,(H,25,30)/t19-,24-/m0/s1. The first-order valence-electron chi connectivity index (χ1n) is 11.6. The van der Waals surface area contributed by atoms with Crippen LogP contribution in [0, 0.1) is 12.8 Å². The van der Waals surface area contributed by atoms with E-state index in [4.69, 9.17) is 4.74 Å². The lowest BCUT2D eigenvalue weighted by Gasteiger charge is -2.41. The van der Waals surface area contributed by atoms with Gasteiger partial charge in [0.2, 0.25) is 0 Å². The Morgan fingerprint density at radius 3 is 2.58 bits per heavy atom. The van der Waals surface area contributed by atoms with Crippen LogP contribution in [-0.2, 0) is 9.53 Å². The van der Waals surface area contributed by atoms with E-state index in [1.165, 1.54) is 4.90 Å². The van der Waals surface area contributed by atoms with Gasteiger partial charge in [-0.15, -0.1) is 0 Å². The van der Waals surface area contributed by atoms with Crippen molar-refractivity contribution in [2.45, 2.75) is 64.0 Å². The fourth-order valence-corrected chi connectivity index (χ4v) is 5.41. The van der Waals surface area contributed by atoms with Crippen molar-refractivity contribution in [3.63, 3.8) is 0 Å². The predicted molar refractivity (Wildman–Crippen MR) is 117 cm³/mol. The highest BCUT2D eigenvalue weighted by molar-refractivity contribution is 6.07. The third kappa shape index (κ3) is 4.07. The number of carbonyl (C=O) groups is 3. The number of carbonyl (C=O) groups excluding carboxylic acids is 3. The van der Waals surface area contributed by atoms with Crippen molar-refractivity contribution in [3.8, 4) is 0 Å². The van der Waals surface area contributed by atoms with E-state index in [-0.39, 0.29) is 29.9 Å². The summed E-state index contributed by atoms with van der Waals surface area (Å²) in [6.45, 7) is 6.21. The van der Waals surface area contributed by atoms with Crippen LogP contribution in [0.25, 0.3) is 0 Å². The zero-order valence-electron chi connectivity index (χ0n) is 18.6. The van der Waals surface area contributed by atoms with Gasteiger partial charge in [-0.3, -0.25) is 14.5 Å². The molecule has 3 aliphatic rings. The number of likely N-dealkylation sites (tertiary alicyclic amines) is 1. The van der Waals surface area contributed by atoms with Gasteiger partial charge in [0.05, 0.1) is 12.6 Å². The molecule has 31 heavy (non-hydrogen) atoms. The van der Waals surface area contributed by atoms with E-state index in [0.717, 1.165) is 30.4 Å². The number of amides is 4. The number of hydrogen-bond donors (Lipinski definition) is 1. The maximum absolute atomic E-state index is 13.5. The van der Waals surface area contributed by atoms with Crippen molar-refractivity contribution < 1.29 is 19.1 Å². The normalized spacial score (nSPS) is 27.1. The smallest absolute Gasteiger partial charge is 0.325 e. The Labute approximate surface area is 184 Å². The zero-order chi connectivity index (χ0) is 22.0. The second-order valence-corrected chi connectivity index (χ2v) is 9.08. The van der Waals surface area contributed by atoms with Crippen LogP contribution in [0.1, 0.15) is 61.4 Å². The summed E-state index contributed by atoms with van der Waals surface area (Å²) in [7, 11) is 0. The number of urea groups is 1. The van der Waals surface area contributed by atoms with Crippen molar-refractivity contribution in [2.75, 3.05) is 26.2 Å². The Balaban J connectivity index is 1.46. The van der Waals surface area contributed by atoms with Crippen molar-refractivity contribution in [1.82, 2.24) is 15.1 Å². The Hall–Kier alpha value is -2.41. The summed E-state index contributed by atoms with van der Waals surface area (Å²) < 4.78 is 5.66. The van der Waals surface area contributed by atoms with Crippen LogP contribution in [0.4, 0.5) is 4.79 Å². The molecule has 1 aromatic carbocycles. The van der Waals surface area contributed by atoms with Crippen LogP contribution in [0.5, 0.6) is 0 Å². The van der Waals surface area contributed by atoms with Crippen molar-refractivity contribution in [1.29, 1.82) is 0 Å².